The van der Waals surface area contributed by atoms with E-state index < -0.39 is 0 Å². The number of nitrogens with zero attached hydrogens (tertiary/aromatic N) is 1. The van der Waals surface area contributed by atoms with E-state index in [9.17, 15) is 4.79 Å². The standard InChI is InChI=1S/C13H26N2O2/c1-13(2,3)14-12(17)15(4)11-7-5-10(9-16)6-8-11/h10-11,16H,5-9H2,1-4H3,(H,14,17). The van der Waals surface area contributed by atoms with Gasteiger partial charge in [-0.05, 0) is 52.4 Å². The second-order valence-corrected chi connectivity index (χ2v) is 6.15. The average molecular weight is 242 g/mol. The fourth-order valence-electron chi connectivity index (χ4n) is 2.29. The summed E-state index contributed by atoms with van der Waals surface area (Å²) in [5, 5.41) is 12.1. The van der Waals surface area contributed by atoms with Crippen molar-refractivity contribution >= 4 is 6.03 Å². The van der Waals surface area contributed by atoms with Crippen LogP contribution >= 0.6 is 0 Å². The molecule has 17 heavy (non-hydrogen) atoms. The van der Waals surface area contributed by atoms with E-state index in [0.717, 1.165) is 25.7 Å². The van der Waals surface area contributed by atoms with Gasteiger partial charge in [0.05, 0.1) is 0 Å². The minimum Gasteiger partial charge on any atom is -0.396 e. The lowest BCUT2D eigenvalue weighted by Gasteiger charge is -2.35. The minimum atomic E-state index is -0.187. The average Bonchev–Trinajstić information content (AvgIpc) is 2.26. The molecule has 0 aliphatic heterocycles. The molecule has 100 valence electrons. The molecular weight excluding hydrogens is 216 g/mol. The van der Waals surface area contributed by atoms with Crippen LogP contribution in [0.1, 0.15) is 46.5 Å². The van der Waals surface area contributed by atoms with Crippen molar-refractivity contribution in [1.82, 2.24) is 10.2 Å². The van der Waals surface area contributed by atoms with Gasteiger partial charge < -0.3 is 15.3 Å². The molecule has 1 fully saturated rings. The zero-order valence-corrected chi connectivity index (χ0v) is 11.5. The molecule has 4 heteroatoms. The van der Waals surface area contributed by atoms with Gasteiger partial charge in [0, 0.05) is 25.2 Å². The molecular formula is C13H26N2O2. The normalized spacial score (nSPS) is 25.5. The van der Waals surface area contributed by atoms with E-state index in [4.69, 9.17) is 5.11 Å². The van der Waals surface area contributed by atoms with Crippen LogP contribution in [0.25, 0.3) is 0 Å². The fraction of sp³-hybridized carbons (Fsp3) is 0.923. The van der Waals surface area contributed by atoms with Crippen LogP contribution in [0.4, 0.5) is 4.79 Å². The third kappa shape index (κ3) is 4.54. The number of urea groups is 1. The third-order valence-corrected chi connectivity index (χ3v) is 3.42. The van der Waals surface area contributed by atoms with Crippen LogP contribution in [0.3, 0.4) is 0 Å². The predicted molar refractivity (Wildman–Crippen MR) is 68.9 cm³/mol. The lowest BCUT2D eigenvalue weighted by Crippen LogP contribution is -2.51. The Bertz CT molecular complexity index is 253. The molecule has 1 aliphatic carbocycles. The molecule has 1 saturated carbocycles. The molecule has 0 aromatic carbocycles. The minimum absolute atomic E-state index is 0.00458. The molecule has 4 nitrogen and oxygen atoms in total. The molecule has 0 spiro atoms. The molecule has 1 aliphatic rings. The van der Waals surface area contributed by atoms with Crippen molar-refractivity contribution in [2.45, 2.75) is 58.0 Å². The molecule has 0 saturated heterocycles. The summed E-state index contributed by atoms with van der Waals surface area (Å²) >= 11 is 0. The smallest absolute Gasteiger partial charge is 0.317 e. The first-order valence-corrected chi connectivity index (χ1v) is 6.49. The number of aliphatic hydroxyl groups excluding tert-OH is 1. The van der Waals surface area contributed by atoms with E-state index in [1.54, 1.807) is 0 Å². The van der Waals surface area contributed by atoms with Gasteiger partial charge in [-0.3, -0.25) is 0 Å². The largest absolute Gasteiger partial charge is 0.396 e. The first-order valence-electron chi connectivity index (χ1n) is 6.49. The molecule has 1 rings (SSSR count). The fourth-order valence-corrected chi connectivity index (χ4v) is 2.29. The highest BCUT2D eigenvalue weighted by Gasteiger charge is 2.27. The number of hydrogen-bond donors (Lipinski definition) is 2. The maximum atomic E-state index is 12.0. The van der Waals surface area contributed by atoms with Gasteiger partial charge in [0.15, 0.2) is 0 Å². The van der Waals surface area contributed by atoms with Gasteiger partial charge >= 0.3 is 6.03 Å². The van der Waals surface area contributed by atoms with Crippen molar-refractivity contribution in [3.63, 3.8) is 0 Å². The molecule has 2 amide bonds. The number of amides is 2. The van der Waals surface area contributed by atoms with Gasteiger partial charge in [0.25, 0.3) is 0 Å². The van der Waals surface area contributed by atoms with E-state index in [0.29, 0.717) is 12.0 Å². The van der Waals surface area contributed by atoms with Crippen LogP contribution in [-0.4, -0.2) is 41.3 Å². The van der Waals surface area contributed by atoms with Crippen molar-refractivity contribution in [2.24, 2.45) is 5.92 Å². The number of carbonyl (C=O) groups excluding carboxylic acids is 1. The summed E-state index contributed by atoms with van der Waals surface area (Å²) in [6.45, 7) is 6.24. The molecule has 0 heterocycles. The number of hydrogen-bond acceptors (Lipinski definition) is 2. The van der Waals surface area contributed by atoms with Gasteiger partial charge in [0.1, 0.15) is 0 Å². The number of rotatable bonds is 2. The Morgan fingerprint density at radius 1 is 1.29 bits per heavy atom. The zero-order valence-electron chi connectivity index (χ0n) is 11.5. The lowest BCUT2D eigenvalue weighted by molar-refractivity contribution is 0.131. The molecule has 0 radical (unpaired) electrons. The Labute approximate surface area is 104 Å². The predicted octanol–water partition coefficient (Wildman–Crippen LogP) is 1.98. The van der Waals surface area contributed by atoms with Crippen molar-refractivity contribution < 1.29 is 9.90 Å². The van der Waals surface area contributed by atoms with Gasteiger partial charge in [-0.2, -0.15) is 0 Å². The Balaban J connectivity index is 2.43. The highest BCUT2D eigenvalue weighted by atomic mass is 16.3. The second kappa shape index (κ2) is 5.71. The summed E-state index contributed by atoms with van der Waals surface area (Å²) in [5.74, 6) is 0.435. The van der Waals surface area contributed by atoms with Crippen molar-refractivity contribution in [3.8, 4) is 0 Å². The van der Waals surface area contributed by atoms with Crippen LogP contribution in [0.15, 0.2) is 0 Å². The lowest BCUT2D eigenvalue weighted by atomic mass is 9.86. The van der Waals surface area contributed by atoms with Crippen LogP contribution in [0, 0.1) is 5.92 Å². The van der Waals surface area contributed by atoms with Crippen molar-refractivity contribution in [2.75, 3.05) is 13.7 Å². The molecule has 0 unspecified atom stereocenters. The second-order valence-electron chi connectivity index (χ2n) is 6.15. The number of aliphatic hydroxyl groups is 1. The monoisotopic (exact) mass is 242 g/mol. The number of nitrogens with one attached hydrogen (secondary N) is 1. The highest BCUT2D eigenvalue weighted by molar-refractivity contribution is 5.75. The molecule has 0 aromatic rings. The highest BCUT2D eigenvalue weighted by Crippen LogP contribution is 2.26. The molecule has 0 aromatic heterocycles. The van der Waals surface area contributed by atoms with Crippen molar-refractivity contribution in [3.05, 3.63) is 0 Å². The third-order valence-electron chi connectivity index (χ3n) is 3.42. The quantitative estimate of drug-likeness (QED) is 0.778. The number of carbonyl (C=O) groups is 1. The van der Waals surface area contributed by atoms with Gasteiger partial charge in [-0.15, -0.1) is 0 Å². The molecule has 0 bridgehead atoms. The Morgan fingerprint density at radius 2 is 1.82 bits per heavy atom. The van der Waals surface area contributed by atoms with E-state index in [-0.39, 0.29) is 18.2 Å². The Morgan fingerprint density at radius 3 is 2.24 bits per heavy atom. The SMILES string of the molecule is CN(C(=O)NC(C)(C)C)C1CCC(CO)CC1. The van der Waals surface area contributed by atoms with E-state index in [2.05, 4.69) is 5.32 Å². The van der Waals surface area contributed by atoms with Gasteiger partial charge in [-0.25, -0.2) is 4.79 Å². The molecule has 0 atom stereocenters. The summed E-state index contributed by atoms with van der Waals surface area (Å²) < 4.78 is 0. The van der Waals surface area contributed by atoms with E-state index in [1.807, 2.05) is 32.7 Å². The van der Waals surface area contributed by atoms with Gasteiger partial charge in [-0.1, -0.05) is 0 Å². The topological polar surface area (TPSA) is 52.6 Å². The van der Waals surface area contributed by atoms with E-state index in [1.165, 1.54) is 0 Å². The van der Waals surface area contributed by atoms with Crippen molar-refractivity contribution in [1.29, 1.82) is 0 Å². The maximum absolute atomic E-state index is 12.0. The first kappa shape index (κ1) is 14.3. The first-order chi connectivity index (χ1) is 7.83. The summed E-state index contributed by atoms with van der Waals surface area (Å²) in [5.41, 5.74) is -0.187. The van der Waals surface area contributed by atoms with Crippen LogP contribution in [0.2, 0.25) is 0 Å². The maximum Gasteiger partial charge on any atom is 0.317 e. The molecule has 2 N–H and O–H groups in total. The summed E-state index contributed by atoms with van der Waals surface area (Å²) in [6.07, 6.45) is 4.04. The zero-order chi connectivity index (χ0) is 13.1. The van der Waals surface area contributed by atoms with Gasteiger partial charge in [0.2, 0.25) is 0 Å². The summed E-state index contributed by atoms with van der Waals surface area (Å²) in [7, 11) is 1.87. The van der Waals surface area contributed by atoms with Crippen LogP contribution < -0.4 is 5.32 Å². The van der Waals surface area contributed by atoms with Crippen LogP contribution in [-0.2, 0) is 0 Å². The summed E-state index contributed by atoms with van der Waals surface area (Å²) in [6, 6.07) is 0.324. The summed E-state index contributed by atoms with van der Waals surface area (Å²) in [4.78, 5) is 13.8. The Kier molecular flexibility index (Phi) is 4.80. The van der Waals surface area contributed by atoms with E-state index >= 15 is 0 Å². The van der Waals surface area contributed by atoms with Crippen LogP contribution in [0.5, 0.6) is 0 Å². The Hall–Kier alpha value is -0.770.